The van der Waals surface area contributed by atoms with E-state index in [4.69, 9.17) is 5.73 Å². The van der Waals surface area contributed by atoms with E-state index in [1.54, 1.807) is 19.9 Å². The molecule has 3 atom stereocenters. The average Bonchev–Trinajstić information content (AvgIpc) is 2.42. The number of amides is 1. The molecule has 0 aromatic heterocycles. The van der Waals surface area contributed by atoms with Gasteiger partial charge in [-0.2, -0.15) is 13.2 Å². The van der Waals surface area contributed by atoms with Gasteiger partial charge in [-0.3, -0.25) is 4.79 Å². The molecule has 0 fully saturated rings. The Morgan fingerprint density at radius 2 is 1.74 bits per heavy atom. The molecule has 3 N–H and O–H groups in total. The van der Waals surface area contributed by atoms with E-state index in [0.717, 1.165) is 12.1 Å². The number of benzene rings is 1. The lowest BCUT2D eigenvalue weighted by Gasteiger charge is -2.26. The van der Waals surface area contributed by atoms with E-state index < -0.39 is 23.7 Å². The number of nitrogens with two attached hydrogens (primary N) is 1. The maximum absolute atomic E-state index is 12.8. The zero-order valence-electron chi connectivity index (χ0n) is 13.6. The lowest BCUT2D eigenvalue weighted by molar-refractivity contribution is -0.137. The first-order chi connectivity index (χ1) is 10.0. The first kappa shape index (κ1) is 21.7. The van der Waals surface area contributed by atoms with E-state index >= 15 is 0 Å². The molecule has 23 heavy (non-hydrogen) atoms. The highest BCUT2D eigenvalue weighted by atomic mass is 35.5. The number of halogens is 4. The highest BCUT2D eigenvalue weighted by molar-refractivity contribution is 5.85. The molecule has 132 valence electrons. The summed E-state index contributed by atoms with van der Waals surface area (Å²) in [7, 11) is 0. The summed E-state index contributed by atoms with van der Waals surface area (Å²) in [6, 6.07) is 4.24. The molecule has 7 heteroatoms. The first-order valence-electron chi connectivity index (χ1n) is 7.27. The molecule has 0 saturated carbocycles. The van der Waals surface area contributed by atoms with Crippen LogP contribution in [0.3, 0.4) is 0 Å². The molecule has 0 spiro atoms. The van der Waals surface area contributed by atoms with Crippen LogP contribution in [0.1, 0.15) is 44.9 Å². The fraction of sp³-hybridized carbons (Fsp3) is 0.562. The fourth-order valence-electron chi connectivity index (χ4n) is 2.07. The summed E-state index contributed by atoms with van der Waals surface area (Å²) >= 11 is 0. The Balaban J connectivity index is 0.00000484. The van der Waals surface area contributed by atoms with Crippen LogP contribution in [0.25, 0.3) is 0 Å². The van der Waals surface area contributed by atoms with Crippen molar-refractivity contribution >= 4 is 18.3 Å². The van der Waals surface area contributed by atoms with Crippen molar-refractivity contribution in [3.63, 3.8) is 0 Å². The standard InChI is InChI=1S/C16H23F3N2O.ClH/c1-9(2)14(21-15(22)10(3)11(4)20)12-6-5-7-13(8-12)16(17,18)19;/h5-11,14H,20H2,1-4H3,(H,21,22);1H. The van der Waals surface area contributed by atoms with Gasteiger partial charge >= 0.3 is 6.18 Å². The lowest BCUT2D eigenvalue weighted by Crippen LogP contribution is -2.41. The quantitative estimate of drug-likeness (QED) is 0.843. The minimum absolute atomic E-state index is 0. The third kappa shape index (κ3) is 6.03. The summed E-state index contributed by atoms with van der Waals surface area (Å²) in [5.74, 6) is -0.717. The monoisotopic (exact) mass is 352 g/mol. The molecular weight excluding hydrogens is 329 g/mol. The summed E-state index contributed by atoms with van der Waals surface area (Å²) < 4.78 is 38.5. The second-order valence-corrected chi connectivity index (χ2v) is 6.00. The van der Waals surface area contributed by atoms with Crippen molar-refractivity contribution < 1.29 is 18.0 Å². The summed E-state index contributed by atoms with van der Waals surface area (Å²) in [5.41, 5.74) is 5.42. The van der Waals surface area contributed by atoms with Gasteiger partial charge in [0, 0.05) is 12.0 Å². The number of hydrogen-bond donors (Lipinski definition) is 2. The Labute approximate surface area is 141 Å². The molecule has 0 aliphatic carbocycles. The van der Waals surface area contributed by atoms with Gasteiger partial charge in [-0.15, -0.1) is 12.4 Å². The van der Waals surface area contributed by atoms with Gasteiger partial charge in [-0.05, 0) is 30.5 Å². The van der Waals surface area contributed by atoms with Crippen LogP contribution in [-0.4, -0.2) is 11.9 Å². The Bertz CT molecular complexity index is 518. The summed E-state index contributed by atoms with van der Waals surface area (Å²) in [6.45, 7) is 7.12. The van der Waals surface area contributed by atoms with Crippen LogP contribution in [0, 0.1) is 11.8 Å². The van der Waals surface area contributed by atoms with Crippen LogP contribution in [0.4, 0.5) is 13.2 Å². The van der Waals surface area contributed by atoms with Gasteiger partial charge in [-0.1, -0.05) is 32.9 Å². The molecule has 1 amide bonds. The molecule has 0 bridgehead atoms. The smallest absolute Gasteiger partial charge is 0.349 e. The zero-order chi connectivity index (χ0) is 17.1. The third-order valence-electron chi connectivity index (χ3n) is 3.74. The van der Waals surface area contributed by atoms with E-state index in [0.29, 0.717) is 5.56 Å². The Morgan fingerprint density at radius 3 is 2.17 bits per heavy atom. The number of hydrogen-bond acceptors (Lipinski definition) is 2. The topological polar surface area (TPSA) is 55.1 Å². The molecule has 0 saturated heterocycles. The molecule has 0 radical (unpaired) electrons. The number of carbonyl (C=O) groups is 1. The maximum Gasteiger partial charge on any atom is 0.416 e. The zero-order valence-corrected chi connectivity index (χ0v) is 14.5. The highest BCUT2D eigenvalue weighted by Crippen LogP contribution is 2.32. The molecule has 3 nitrogen and oxygen atoms in total. The van der Waals surface area contributed by atoms with Crippen molar-refractivity contribution in [1.29, 1.82) is 0 Å². The van der Waals surface area contributed by atoms with Crippen LogP contribution < -0.4 is 11.1 Å². The normalized spacial score (nSPS) is 15.5. The van der Waals surface area contributed by atoms with Crippen molar-refractivity contribution in [1.82, 2.24) is 5.32 Å². The van der Waals surface area contributed by atoms with Crippen LogP contribution in [-0.2, 0) is 11.0 Å². The van der Waals surface area contributed by atoms with E-state index in [1.807, 2.05) is 13.8 Å². The van der Waals surface area contributed by atoms with Crippen LogP contribution in [0.2, 0.25) is 0 Å². The van der Waals surface area contributed by atoms with Gasteiger partial charge in [0.2, 0.25) is 5.91 Å². The first-order valence-corrected chi connectivity index (χ1v) is 7.27. The van der Waals surface area contributed by atoms with Gasteiger partial charge in [0.15, 0.2) is 0 Å². The SMILES string of the molecule is CC(C)C(NC(=O)C(C)C(C)N)c1cccc(C(F)(F)F)c1.Cl. The Kier molecular flexibility index (Phi) is 8.07. The minimum atomic E-state index is -4.40. The summed E-state index contributed by atoms with van der Waals surface area (Å²) in [4.78, 5) is 12.1. The maximum atomic E-state index is 12.8. The summed E-state index contributed by atoms with van der Waals surface area (Å²) in [5, 5.41) is 2.81. The van der Waals surface area contributed by atoms with Gasteiger partial charge in [0.05, 0.1) is 11.6 Å². The van der Waals surface area contributed by atoms with E-state index in [2.05, 4.69) is 5.32 Å². The molecule has 1 aromatic rings. The second kappa shape index (κ2) is 8.55. The number of alkyl halides is 3. The van der Waals surface area contributed by atoms with Gasteiger partial charge in [0.1, 0.15) is 0 Å². The van der Waals surface area contributed by atoms with E-state index in [9.17, 15) is 18.0 Å². The summed E-state index contributed by atoms with van der Waals surface area (Å²) in [6.07, 6.45) is -4.40. The Morgan fingerprint density at radius 1 is 1.17 bits per heavy atom. The molecule has 1 rings (SSSR count). The largest absolute Gasteiger partial charge is 0.416 e. The van der Waals surface area contributed by atoms with Crippen molar-refractivity contribution in [2.45, 2.75) is 46.0 Å². The molecular formula is C16H24ClF3N2O. The predicted molar refractivity (Wildman–Crippen MR) is 87.2 cm³/mol. The Hall–Kier alpha value is -1.27. The van der Waals surface area contributed by atoms with Crippen LogP contribution >= 0.6 is 12.4 Å². The van der Waals surface area contributed by atoms with E-state index in [-0.39, 0.29) is 30.3 Å². The third-order valence-corrected chi connectivity index (χ3v) is 3.74. The van der Waals surface area contributed by atoms with Crippen LogP contribution in [0.15, 0.2) is 24.3 Å². The molecule has 1 aromatic carbocycles. The van der Waals surface area contributed by atoms with Gasteiger partial charge in [-0.25, -0.2) is 0 Å². The number of rotatable bonds is 5. The highest BCUT2D eigenvalue weighted by Gasteiger charge is 2.31. The molecule has 0 aliphatic rings. The minimum Gasteiger partial charge on any atom is -0.349 e. The van der Waals surface area contributed by atoms with Crippen molar-refractivity contribution in [2.75, 3.05) is 0 Å². The van der Waals surface area contributed by atoms with Gasteiger partial charge in [0.25, 0.3) is 0 Å². The fourth-order valence-corrected chi connectivity index (χ4v) is 2.07. The second-order valence-electron chi connectivity index (χ2n) is 6.00. The average molecular weight is 353 g/mol. The molecule has 0 aliphatic heterocycles. The van der Waals surface area contributed by atoms with Gasteiger partial charge < -0.3 is 11.1 Å². The van der Waals surface area contributed by atoms with E-state index in [1.165, 1.54) is 6.07 Å². The van der Waals surface area contributed by atoms with Crippen molar-refractivity contribution in [3.05, 3.63) is 35.4 Å². The molecule has 0 heterocycles. The van der Waals surface area contributed by atoms with Crippen molar-refractivity contribution in [2.24, 2.45) is 17.6 Å². The number of nitrogens with one attached hydrogen (secondary N) is 1. The van der Waals surface area contributed by atoms with Crippen LogP contribution in [0.5, 0.6) is 0 Å². The lowest BCUT2D eigenvalue weighted by atomic mass is 9.93. The predicted octanol–water partition coefficient (Wildman–Crippen LogP) is 3.92. The number of carbonyl (C=O) groups excluding carboxylic acids is 1. The molecule has 3 unspecified atom stereocenters. The van der Waals surface area contributed by atoms with Crippen molar-refractivity contribution in [3.8, 4) is 0 Å².